The van der Waals surface area contributed by atoms with Gasteiger partial charge in [0.15, 0.2) is 0 Å². The second kappa shape index (κ2) is 4.77. The van der Waals surface area contributed by atoms with Crippen LogP contribution >= 0.6 is 0 Å². The van der Waals surface area contributed by atoms with Gasteiger partial charge in [-0.2, -0.15) is 0 Å². The minimum absolute atomic E-state index is 0.228. The van der Waals surface area contributed by atoms with Gasteiger partial charge in [0.25, 0.3) is 0 Å². The SMILES string of the molecule is CC(=O)OC1CC(C(=O)O)C(O)C(O)C1O. The lowest BCUT2D eigenvalue weighted by molar-refractivity contribution is -0.192. The van der Waals surface area contributed by atoms with E-state index in [4.69, 9.17) is 5.11 Å². The van der Waals surface area contributed by atoms with Crippen molar-refractivity contribution in [2.75, 3.05) is 0 Å². The molecule has 0 heterocycles. The number of esters is 1. The van der Waals surface area contributed by atoms with Crippen molar-refractivity contribution in [1.29, 1.82) is 0 Å². The lowest BCUT2D eigenvalue weighted by Gasteiger charge is -2.37. The Hall–Kier alpha value is -1.18. The maximum atomic E-state index is 10.8. The molecule has 0 amide bonds. The quantitative estimate of drug-likeness (QED) is 0.411. The lowest BCUT2D eigenvalue weighted by Crippen LogP contribution is -2.56. The molecule has 16 heavy (non-hydrogen) atoms. The third-order valence-corrected chi connectivity index (χ3v) is 2.61. The van der Waals surface area contributed by atoms with E-state index in [0.717, 1.165) is 6.92 Å². The van der Waals surface area contributed by atoms with Crippen LogP contribution in [0, 0.1) is 5.92 Å². The summed E-state index contributed by atoms with van der Waals surface area (Å²) >= 11 is 0. The van der Waals surface area contributed by atoms with Crippen molar-refractivity contribution in [2.24, 2.45) is 5.92 Å². The Bertz CT molecular complexity index is 288. The van der Waals surface area contributed by atoms with Gasteiger partial charge in [-0.05, 0) is 0 Å². The summed E-state index contributed by atoms with van der Waals surface area (Å²) in [4.78, 5) is 21.5. The Balaban J connectivity index is 2.80. The van der Waals surface area contributed by atoms with Gasteiger partial charge in [-0.25, -0.2) is 0 Å². The molecule has 0 aromatic carbocycles. The summed E-state index contributed by atoms with van der Waals surface area (Å²) in [6.07, 6.45) is -6.03. The van der Waals surface area contributed by atoms with Gasteiger partial charge in [0, 0.05) is 13.3 Å². The first-order valence-electron chi connectivity index (χ1n) is 4.78. The highest BCUT2D eigenvalue weighted by Gasteiger charge is 2.47. The summed E-state index contributed by atoms with van der Waals surface area (Å²) in [7, 11) is 0. The molecule has 0 spiro atoms. The predicted molar refractivity (Wildman–Crippen MR) is 49.3 cm³/mol. The van der Waals surface area contributed by atoms with Crippen LogP contribution in [0.5, 0.6) is 0 Å². The average Bonchev–Trinajstić information content (AvgIpc) is 2.18. The molecule has 4 N–H and O–H groups in total. The van der Waals surface area contributed by atoms with E-state index in [1.807, 2.05) is 0 Å². The number of ether oxygens (including phenoxy) is 1. The smallest absolute Gasteiger partial charge is 0.309 e. The van der Waals surface area contributed by atoms with Gasteiger partial charge >= 0.3 is 11.9 Å². The van der Waals surface area contributed by atoms with Gasteiger partial charge in [-0.15, -0.1) is 0 Å². The summed E-state index contributed by atoms with van der Waals surface area (Å²) in [5, 5.41) is 37.0. The minimum Gasteiger partial charge on any atom is -0.481 e. The van der Waals surface area contributed by atoms with E-state index in [1.165, 1.54) is 0 Å². The normalized spacial score (nSPS) is 39.1. The van der Waals surface area contributed by atoms with E-state index in [0.29, 0.717) is 0 Å². The van der Waals surface area contributed by atoms with Gasteiger partial charge in [-0.1, -0.05) is 0 Å². The number of carboxylic acid groups (broad SMARTS) is 1. The molecule has 7 nitrogen and oxygen atoms in total. The van der Waals surface area contributed by atoms with Crippen LogP contribution in [0.1, 0.15) is 13.3 Å². The Morgan fingerprint density at radius 1 is 1.12 bits per heavy atom. The van der Waals surface area contributed by atoms with Crippen LogP contribution in [0.2, 0.25) is 0 Å². The number of carbonyl (C=O) groups excluding carboxylic acids is 1. The fourth-order valence-corrected chi connectivity index (χ4v) is 1.77. The second-order valence-corrected chi connectivity index (χ2v) is 3.80. The molecule has 0 radical (unpaired) electrons. The van der Waals surface area contributed by atoms with Crippen molar-refractivity contribution in [3.63, 3.8) is 0 Å². The summed E-state index contributed by atoms with van der Waals surface area (Å²) in [5.74, 6) is -3.25. The number of aliphatic hydroxyl groups excluding tert-OH is 3. The molecule has 1 aliphatic rings. The van der Waals surface area contributed by atoms with Crippen molar-refractivity contribution in [2.45, 2.75) is 37.8 Å². The third-order valence-electron chi connectivity index (χ3n) is 2.61. The van der Waals surface area contributed by atoms with E-state index in [9.17, 15) is 24.9 Å². The van der Waals surface area contributed by atoms with E-state index in [1.54, 1.807) is 0 Å². The van der Waals surface area contributed by atoms with Crippen molar-refractivity contribution >= 4 is 11.9 Å². The molecular weight excluding hydrogens is 220 g/mol. The van der Waals surface area contributed by atoms with Crippen LogP contribution in [0.25, 0.3) is 0 Å². The van der Waals surface area contributed by atoms with E-state index in [2.05, 4.69) is 4.74 Å². The average molecular weight is 234 g/mol. The third kappa shape index (κ3) is 2.49. The molecule has 92 valence electrons. The van der Waals surface area contributed by atoms with Gasteiger partial charge in [-0.3, -0.25) is 9.59 Å². The molecule has 0 saturated heterocycles. The zero-order valence-corrected chi connectivity index (χ0v) is 8.61. The van der Waals surface area contributed by atoms with E-state index >= 15 is 0 Å². The van der Waals surface area contributed by atoms with Gasteiger partial charge in [0.1, 0.15) is 18.3 Å². The van der Waals surface area contributed by atoms with Crippen LogP contribution in [0.4, 0.5) is 0 Å². The molecule has 1 rings (SSSR count). The maximum Gasteiger partial charge on any atom is 0.309 e. The monoisotopic (exact) mass is 234 g/mol. The fourth-order valence-electron chi connectivity index (χ4n) is 1.77. The van der Waals surface area contributed by atoms with Crippen LogP contribution in [0.3, 0.4) is 0 Å². The largest absolute Gasteiger partial charge is 0.481 e. The molecule has 1 fully saturated rings. The van der Waals surface area contributed by atoms with Crippen molar-refractivity contribution in [1.82, 2.24) is 0 Å². The van der Waals surface area contributed by atoms with Crippen molar-refractivity contribution < 1.29 is 34.8 Å². The number of aliphatic carboxylic acids is 1. The fraction of sp³-hybridized carbons (Fsp3) is 0.778. The van der Waals surface area contributed by atoms with Gasteiger partial charge < -0.3 is 25.2 Å². The van der Waals surface area contributed by atoms with Crippen molar-refractivity contribution in [3.8, 4) is 0 Å². The lowest BCUT2D eigenvalue weighted by atomic mass is 9.81. The first-order valence-corrected chi connectivity index (χ1v) is 4.78. The molecule has 5 unspecified atom stereocenters. The molecule has 5 atom stereocenters. The Labute approximate surface area is 91.3 Å². The number of hydrogen-bond acceptors (Lipinski definition) is 6. The van der Waals surface area contributed by atoms with E-state index in [-0.39, 0.29) is 6.42 Å². The topological polar surface area (TPSA) is 124 Å². The second-order valence-electron chi connectivity index (χ2n) is 3.80. The Kier molecular flexibility index (Phi) is 3.84. The maximum absolute atomic E-state index is 10.8. The minimum atomic E-state index is -1.64. The van der Waals surface area contributed by atoms with Crippen LogP contribution in [0.15, 0.2) is 0 Å². The number of aliphatic hydroxyl groups is 3. The zero-order valence-electron chi connectivity index (χ0n) is 8.61. The van der Waals surface area contributed by atoms with Crippen LogP contribution < -0.4 is 0 Å². The van der Waals surface area contributed by atoms with Crippen LogP contribution in [-0.4, -0.2) is 56.8 Å². The first kappa shape index (κ1) is 12.9. The molecular formula is C9H14O7. The zero-order chi connectivity index (χ0) is 12.5. The Morgan fingerprint density at radius 3 is 2.12 bits per heavy atom. The van der Waals surface area contributed by atoms with Gasteiger partial charge in [0.05, 0.1) is 12.0 Å². The Morgan fingerprint density at radius 2 is 1.69 bits per heavy atom. The molecule has 0 aromatic heterocycles. The number of carbonyl (C=O) groups is 2. The highest BCUT2D eigenvalue weighted by molar-refractivity contribution is 5.71. The van der Waals surface area contributed by atoms with Crippen LogP contribution in [-0.2, 0) is 14.3 Å². The highest BCUT2D eigenvalue weighted by Crippen LogP contribution is 2.28. The van der Waals surface area contributed by atoms with Gasteiger partial charge in [0.2, 0.25) is 0 Å². The standard InChI is InChI=1S/C9H14O7/c1-3(10)16-5-2-4(9(14)15)6(11)8(13)7(5)12/h4-8,11-13H,2H2,1H3,(H,14,15). The number of carboxylic acids is 1. The molecule has 1 saturated carbocycles. The predicted octanol–water partition coefficient (Wildman–Crippen LogP) is -1.89. The number of rotatable bonds is 2. The molecule has 7 heteroatoms. The molecule has 1 aliphatic carbocycles. The summed E-state index contributed by atoms with van der Waals surface area (Å²) in [6, 6.07) is 0. The highest BCUT2D eigenvalue weighted by atomic mass is 16.6. The summed E-state index contributed by atoms with van der Waals surface area (Å²) in [5.41, 5.74) is 0. The van der Waals surface area contributed by atoms with Crippen molar-refractivity contribution in [3.05, 3.63) is 0 Å². The molecule has 0 bridgehead atoms. The number of hydrogen-bond donors (Lipinski definition) is 4. The first-order chi connectivity index (χ1) is 7.34. The summed E-state index contributed by atoms with van der Waals surface area (Å²) < 4.78 is 4.68. The summed E-state index contributed by atoms with van der Waals surface area (Å²) in [6.45, 7) is 1.11. The van der Waals surface area contributed by atoms with E-state index < -0.39 is 42.3 Å². The molecule has 0 aromatic rings. The molecule has 0 aliphatic heterocycles.